The van der Waals surface area contributed by atoms with E-state index >= 15 is 0 Å². The molecule has 0 saturated heterocycles. The maximum atomic E-state index is 6.03. The molecule has 0 spiro atoms. The first-order valence-electron chi connectivity index (χ1n) is 5.29. The van der Waals surface area contributed by atoms with Crippen molar-refractivity contribution < 1.29 is 0 Å². The number of halogens is 2. The minimum atomic E-state index is 0.189. The lowest BCUT2D eigenvalue weighted by Gasteiger charge is -2.13. The van der Waals surface area contributed by atoms with Gasteiger partial charge in [0.1, 0.15) is 5.02 Å². The molecule has 1 aromatic carbocycles. The molecule has 2 aromatic rings. The molecule has 3 N–H and O–H groups in total. The summed E-state index contributed by atoms with van der Waals surface area (Å²) in [5.41, 5.74) is 8.71. The molecule has 0 aliphatic rings. The second-order valence-corrected chi connectivity index (χ2v) is 5.29. The van der Waals surface area contributed by atoms with Crippen molar-refractivity contribution >= 4 is 45.0 Å². The molecule has 94 valence electrons. The molecular weight excluding hydrogens is 316 g/mol. The van der Waals surface area contributed by atoms with E-state index in [4.69, 9.17) is 17.3 Å². The number of nitrogen functional groups attached to an aromatic ring is 1. The largest absolute Gasteiger partial charge is 0.368 e. The van der Waals surface area contributed by atoms with Gasteiger partial charge >= 0.3 is 0 Å². The van der Waals surface area contributed by atoms with Crippen LogP contribution in [-0.2, 0) is 0 Å². The Morgan fingerprint density at radius 1 is 1.28 bits per heavy atom. The molecule has 1 heterocycles. The zero-order valence-electron chi connectivity index (χ0n) is 9.96. The van der Waals surface area contributed by atoms with Gasteiger partial charge < -0.3 is 11.1 Å². The zero-order valence-corrected chi connectivity index (χ0v) is 12.3. The van der Waals surface area contributed by atoms with E-state index in [0.29, 0.717) is 10.8 Å². The van der Waals surface area contributed by atoms with E-state index < -0.39 is 0 Å². The van der Waals surface area contributed by atoms with E-state index in [1.165, 1.54) is 6.20 Å². The van der Waals surface area contributed by atoms with E-state index in [9.17, 15) is 0 Å². The number of nitrogens with one attached hydrogen (secondary N) is 1. The van der Waals surface area contributed by atoms with Crippen molar-refractivity contribution in [3.05, 3.63) is 39.0 Å². The third-order valence-electron chi connectivity index (χ3n) is 2.50. The Hall–Kier alpha value is -1.33. The lowest BCUT2D eigenvalue weighted by Crippen LogP contribution is -2.02. The fraction of sp³-hybridized carbons (Fsp3) is 0.167. The minimum Gasteiger partial charge on any atom is -0.368 e. The third kappa shape index (κ3) is 2.73. The maximum Gasteiger partial charge on any atom is 0.222 e. The number of aryl methyl sites for hydroxylation is 2. The van der Waals surface area contributed by atoms with Crippen molar-refractivity contribution in [2.45, 2.75) is 13.8 Å². The highest BCUT2D eigenvalue weighted by atomic mass is 79.9. The number of hydrogen-bond acceptors (Lipinski definition) is 4. The molecular formula is C12H12BrClN4. The molecule has 1 aromatic heterocycles. The molecule has 0 radical (unpaired) electrons. The van der Waals surface area contributed by atoms with Crippen LogP contribution < -0.4 is 11.1 Å². The van der Waals surface area contributed by atoms with Gasteiger partial charge in [-0.15, -0.1) is 0 Å². The minimum absolute atomic E-state index is 0.189. The summed E-state index contributed by atoms with van der Waals surface area (Å²) in [6, 6.07) is 4.04. The van der Waals surface area contributed by atoms with Crippen molar-refractivity contribution in [3.8, 4) is 0 Å². The summed E-state index contributed by atoms with van der Waals surface area (Å²) >= 11 is 9.49. The lowest BCUT2D eigenvalue weighted by molar-refractivity contribution is 1.18. The average molecular weight is 328 g/mol. The van der Waals surface area contributed by atoms with Gasteiger partial charge in [0.05, 0.1) is 6.20 Å². The molecule has 0 unspecified atom stereocenters. The first-order chi connectivity index (χ1) is 8.47. The highest BCUT2D eigenvalue weighted by molar-refractivity contribution is 9.10. The van der Waals surface area contributed by atoms with Crippen molar-refractivity contribution in [1.82, 2.24) is 9.97 Å². The van der Waals surface area contributed by atoms with Crippen molar-refractivity contribution in [3.63, 3.8) is 0 Å². The van der Waals surface area contributed by atoms with Crippen LogP contribution >= 0.6 is 27.5 Å². The SMILES string of the molecule is Cc1cc(Br)cc(C)c1Nc1nc(N)ncc1Cl. The molecule has 2 rings (SSSR count). The van der Waals surface area contributed by atoms with E-state index in [0.717, 1.165) is 21.3 Å². The number of aromatic nitrogens is 2. The maximum absolute atomic E-state index is 6.03. The second-order valence-electron chi connectivity index (χ2n) is 3.96. The van der Waals surface area contributed by atoms with E-state index in [2.05, 4.69) is 31.2 Å². The number of nitrogens with two attached hydrogens (primary N) is 1. The van der Waals surface area contributed by atoms with E-state index in [-0.39, 0.29) is 5.95 Å². The Kier molecular flexibility index (Phi) is 3.73. The van der Waals surface area contributed by atoms with Crippen LogP contribution in [0.4, 0.5) is 17.5 Å². The first kappa shape index (κ1) is 13.1. The summed E-state index contributed by atoms with van der Waals surface area (Å²) < 4.78 is 1.04. The van der Waals surface area contributed by atoms with Gasteiger partial charge in [-0.25, -0.2) is 4.98 Å². The van der Waals surface area contributed by atoms with Crippen LogP contribution in [0.25, 0.3) is 0 Å². The molecule has 0 aliphatic heterocycles. The summed E-state index contributed by atoms with van der Waals surface area (Å²) in [4.78, 5) is 7.91. The Balaban J connectivity index is 2.43. The highest BCUT2D eigenvalue weighted by Gasteiger charge is 2.09. The van der Waals surface area contributed by atoms with Crippen molar-refractivity contribution in [1.29, 1.82) is 0 Å². The topological polar surface area (TPSA) is 63.8 Å². The molecule has 0 amide bonds. The Morgan fingerprint density at radius 2 is 1.89 bits per heavy atom. The predicted octanol–water partition coefficient (Wildman–Crippen LogP) is 3.84. The van der Waals surface area contributed by atoms with Crippen LogP contribution in [-0.4, -0.2) is 9.97 Å². The van der Waals surface area contributed by atoms with Gasteiger partial charge in [-0.05, 0) is 37.1 Å². The van der Waals surface area contributed by atoms with Gasteiger partial charge in [-0.2, -0.15) is 4.98 Å². The number of nitrogens with zero attached hydrogens (tertiary/aromatic N) is 2. The van der Waals surface area contributed by atoms with Gasteiger partial charge in [0.25, 0.3) is 0 Å². The monoisotopic (exact) mass is 326 g/mol. The fourth-order valence-electron chi connectivity index (χ4n) is 1.69. The summed E-state index contributed by atoms with van der Waals surface area (Å²) in [6.45, 7) is 4.02. The molecule has 6 heteroatoms. The summed E-state index contributed by atoms with van der Waals surface area (Å²) in [5, 5.41) is 3.63. The average Bonchev–Trinajstić information content (AvgIpc) is 2.28. The summed E-state index contributed by atoms with van der Waals surface area (Å²) in [5.74, 6) is 0.701. The van der Waals surface area contributed by atoms with E-state index in [1.54, 1.807) is 0 Å². The van der Waals surface area contributed by atoms with Crippen LogP contribution in [0.3, 0.4) is 0 Å². The zero-order chi connectivity index (χ0) is 13.3. The molecule has 0 aliphatic carbocycles. The lowest BCUT2D eigenvalue weighted by atomic mass is 10.1. The Morgan fingerprint density at radius 3 is 2.50 bits per heavy atom. The quantitative estimate of drug-likeness (QED) is 0.879. The first-order valence-corrected chi connectivity index (χ1v) is 6.46. The molecule has 0 atom stereocenters. The van der Waals surface area contributed by atoms with Crippen LogP contribution in [0.15, 0.2) is 22.8 Å². The number of benzene rings is 1. The normalized spacial score (nSPS) is 10.4. The number of anilines is 3. The van der Waals surface area contributed by atoms with Crippen molar-refractivity contribution in [2.75, 3.05) is 11.1 Å². The van der Waals surface area contributed by atoms with E-state index in [1.807, 2.05) is 26.0 Å². The van der Waals surface area contributed by atoms with Crippen LogP contribution in [0.5, 0.6) is 0 Å². The van der Waals surface area contributed by atoms with Gasteiger partial charge in [-0.3, -0.25) is 0 Å². The summed E-state index contributed by atoms with van der Waals surface area (Å²) in [6.07, 6.45) is 1.48. The van der Waals surface area contributed by atoms with Gasteiger partial charge in [-0.1, -0.05) is 27.5 Å². The molecule has 18 heavy (non-hydrogen) atoms. The van der Waals surface area contributed by atoms with Crippen LogP contribution in [0.2, 0.25) is 5.02 Å². The molecule has 0 bridgehead atoms. The van der Waals surface area contributed by atoms with Crippen LogP contribution in [0.1, 0.15) is 11.1 Å². The third-order valence-corrected chi connectivity index (χ3v) is 3.24. The molecule has 0 saturated carbocycles. The van der Waals surface area contributed by atoms with Crippen LogP contribution in [0, 0.1) is 13.8 Å². The fourth-order valence-corrected chi connectivity index (χ4v) is 2.52. The smallest absolute Gasteiger partial charge is 0.222 e. The predicted molar refractivity (Wildman–Crippen MR) is 78.4 cm³/mol. The number of hydrogen-bond donors (Lipinski definition) is 2. The molecule has 4 nitrogen and oxygen atoms in total. The van der Waals surface area contributed by atoms with Gasteiger partial charge in [0, 0.05) is 10.2 Å². The Bertz CT molecular complexity index is 578. The number of rotatable bonds is 2. The highest BCUT2D eigenvalue weighted by Crippen LogP contribution is 2.30. The standard InChI is InChI=1S/C12H12BrClN4/c1-6-3-8(13)4-7(2)10(6)17-11-9(14)5-16-12(15)18-11/h3-5H,1-2H3,(H3,15,16,17,18). The second kappa shape index (κ2) is 5.12. The summed E-state index contributed by atoms with van der Waals surface area (Å²) in [7, 11) is 0. The Labute approximate surface area is 119 Å². The van der Waals surface area contributed by atoms with Crippen molar-refractivity contribution in [2.24, 2.45) is 0 Å². The van der Waals surface area contributed by atoms with Gasteiger partial charge in [0.2, 0.25) is 5.95 Å². The van der Waals surface area contributed by atoms with Gasteiger partial charge in [0.15, 0.2) is 5.82 Å². The molecule has 0 fully saturated rings.